The van der Waals surface area contributed by atoms with Gasteiger partial charge in [0.05, 0.1) is 5.22 Å². The van der Waals surface area contributed by atoms with Gasteiger partial charge in [0.1, 0.15) is 11.3 Å². The van der Waals surface area contributed by atoms with E-state index in [9.17, 15) is 0 Å². The Kier molecular flexibility index (Phi) is 0.506. The van der Waals surface area contributed by atoms with Crippen molar-refractivity contribution in [2.75, 3.05) is 0 Å². The van der Waals surface area contributed by atoms with Crippen LogP contribution < -0.4 is 5.41 Å². The molecule has 1 aliphatic heterocycles. The van der Waals surface area contributed by atoms with E-state index in [0.717, 1.165) is 0 Å². The lowest BCUT2D eigenvalue weighted by atomic mass is 10.7. The van der Waals surface area contributed by atoms with Crippen molar-refractivity contribution in [2.45, 2.75) is 0 Å². The van der Waals surface area contributed by atoms with Crippen LogP contribution in [0, 0.1) is 0 Å². The Labute approximate surface area is 34.1 Å². The van der Waals surface area contributed by atoms with Gasteiger partial charge in [-0.3, -0.25) is 5.41 Å². The Morgan fingerprint density at radius 2 is 2.50 bits per heavy atom. The number of nitrogens with zero attached hydrogens (tertiary/aromatic N) is 3. The standard InChI is InChI=1S/C2H2N4/c3-2-1-4-6-5-2/h1,3H/p+1. The molecule has 6 heavy (non-hydrogen) atoms. The molecule has 30 valence electrons. The van der Waals surface area contributed by atoms with Gasteiger partial charge in [-0.1, -0.05) is 0 Å². The van der Waals surface area contributed by atoms with E-state index >= 15 is 0 Å². The second-order valence-electron chi connectivity index (χ2n) is 0.859. The number of rotatable bonds is 0. The molecule has 0 fully saturated rings. The van der Waals surface area contributed by atoms with Gasteiger partial charge >= 0.3 is 5.84 Å². The predicted octanol–water partition coefficient (Wildman–Crippen LogP) is -1.40. The van der Waals surface area contributed by atoms with E-state index in [1.165, 1.54) is 6.21 Å². The molecule has 0 bridgehead atoms. The Bertz CT molecular complexity index is 108. The molecule has 1 aliphatic rings. The van der Waals surface area contributed by atoms with E-state index in [1.54, 1.807) is 0 Å². The third-order valence-corrected chi connectivity index (χ3v) is 0.402. The lowest BCUT2D eigenvalue weighted by Crippen LogP contribution is -2.38. The van der Waals surface area contributed by atoms with Crippen molar-refractivity contribution < 1.29 is 5.41 Å². The van der Waals surface area contributed by atoms with Crippen LogP contribution in [0.1, 0.15) is 0 Å². The second kappa shape index (κ2) is 0.965. The lowest BCUT2D eigenvalue weighted by molar-refractivity contribution is -0.111. The quantitative estimate of drug-likeness (QED) is 0.374. The summed E-state index contributed by atoms with van der Waals surface area (Å²) in [6.07, 6.45) is 1.39. The summed E-state index contributed by atoms with van der Waals surface area (Å²) >= 11 is 0. The SMILES string of the molecule is [NH2+]=C1C=NN=N1. The van der Waals surface area contributed by atoms with Gasteiger partial charge in [0.25, 0.3) is 0 Å². The zero-order chi connectivity index (χ0) is 4.41. The summed E-state index contributed by atoms with van der Waals surface area (Å²) in [5.41, 5.74) is 0. The molecule has 4 nitrogen and oxygen atoms in total. The van der Waals surface area contributed by atoms with Crippen molar-refractivity contribution in [1.82, 2.24) is 0 Å². The van der Waals surface area contributed by atoms with Crippen LogP contribution in [-0.4, -0.2) is 12.1 Å². The smallest absolute Gasteiger partial charge is 0.280 e. The van der Waals surface area contributed by atoms with Crippen LogP contribution in [0.3, 0.4) is 0 Å². The average molecular weight is 83.1 g/mol. The molecule has 0 spiro atoms. The molecule has 0 unspecified atom stereocenters. The van der Waals surface area contributed by atoms with Gasteiger partial charge in [-0.15, -0.1) is 5.10 Å². The maximum Gasteiger partial charge on any atom is 0.364 e. The molecule has 0 radical (unpaired) electrons. The van der Waals surface area contributed by atoms with E-state index < -0.39 is 0 Å². The first-order valence-electron chi connectivity index (χ1n) is 1.46. The van der Waals surface area contributed by atoms with Crippen LogP contribution in [0.2, 0.25) is 0 Å². The fraction of sp³-hybridized carbons (Fsp3) is 0. The summed E-state index contributed by atoms with van der Waals surface area (Å²) in [7, 11) is 0. The van der Waals surface area contributed by atoms with E-state index in [4.69, 9.17) is 5.41 Å². The van der Waals surface area contributed by atoms with Crippen LogP contribution in [0.25, 0.3) is 0 Å². The largest absolute Gasteiger partial charge is 0.364 e. The highest BCUT2D eigenvalue weighted by molar-refractivity contribution is 6.27. The predicted molar refractivity (Wildman–Crippen MR) is 20.3 cm³/mol. The maximum absolute atomic E-state index is 5.04. The maximum atomic E-state index is 5.04. The van der Waals surface area contributed by atoms with Gasteiger partial charge < -0.3 is 0 Å². The topological polar surface area (TPSA) is 62.7 Å². The van der Waals surface area contributed by atoms with Crippen LogP contribution in [0.15, 0.2) is 15.4 Å². The van der Waals surface area contributed by atoms with Gasteiger partial charge in [-0.25, -0.2) is 0 Å². The van der Waals surface area contributed by atoms with Crippen LogP contribution in [-0.2, 0) is 0 Å². The van der Waals surface area contributed by atoms with Crippen molar-refractivity contribution >= 4 is 12.1 Å². The molecule has 0 saturated heterocycles. The fourth-order valence-electron chi connectivity index (χ4n) is 0.188. The highest BCUT2D eigenvalue weighted by Crippen LogP contribution is 1.81. The minimum atomic E-state index is 0.370. The number of nitrogens with two attached hydrogens (primary N) is 1. The van der Waals surface area contributed by atoms with Crippen molar-refractivity contribution in [3.05, 3.63) is 0 Å². The van der Waals surface area contributed by atoms with E-state index in [-0.39, 0.29) is 0 Å². The summed E-state index contributed by atoms with van der Waals surface area (Å²) < 4.78 is 0. The van der Waals surface area contributed by atoms with Crippen molar-refractivity contribution in [1.29, 1.82) is 0 Å². The first-order chi connectivity index (χ1) is 2.89. The number of amidine groups is 1. The summed E-state index contributed by atoms with van der Waals surface area (Å²) in [6.45, 7) is 0. The molecule has 0 amide bonds. The third-order valence-electron chi connectivity index (χ3n) is 0.402. The normalized spacial score (nSPS) is 17.0. The molecule has 0 atom stereocenters. The fourth-order valence-corrected chi connectivity index (χ4v) is 0.188. The van der Waals surface area contributed by atoms with Crippen LogP contribution >= 0.6 is 0 Å². The van der Waals surface area contributed by atoms with E-state index in [2.05, 4.69) is 15.4 Å². The van der Waals surface area contributed by atoms with Crippen LogP contribution in [0.4, 0.5) is 0 Å². The monoisotopic (exact) mass is 83.0 g/mol. The summed E-state index contributed by atoms with van der Waals surface area (Å²) in [6, 6.07) is 0. The minimum Gasteiger partial charge on any atom is -0.280 e. The summed E-state index contributed by atoms with van der Waals surface area (Å²) in [4.78, 5) is 0. The Balaban J connectivity index is 2.86. The summed E-state index contributed by atoms with van der Waals surface area (Å²) in [5, 5.41) is 14.9. The molecule has 0 aliphatic carbocycles. The van der Waals surface area contributed by atoms with E-state index in [0.29, 0.717) is 5.84 Å². The molecule has 0 aromatic rings. The number of hydrogen-bond acceptors (Lipinski definition) is 2. The lowest BCUT2D eigenvalue weighted by Gasteiger charge is -1.48. The molecule has 1 rings (SSSR count). The second-order valence-corrected chi connectivity index (χ2v) is 0.859. The van der Waals surface area contributed by atoms with Crippen molar-refractivity contribution in [3.63, 3.8) is 0 Å². The zero-order valence-corrected chi connectivity index (χ0v) is 3.00. The van der Waals surface area contributed by atoms with Gasteiger partial charge in [-0.05, 0) is 0 Å². The molecular formula is C2H3N4+. The molecule has 4 heteroatoms. The van der Waals surface area contributed by atoms with Gasteiger partial charge in [0.15, 0.2) is 0 Å². The highest BCUT2D eigenvalue weighted by Gasteiger charge is 2.01. The Morgan fingerprint density at radius 3 is 2.67 bits per heavy atom. The average Bonchev–Trinajstić information content (AvgIpc) is 1.86. The Morgan fingerprint density at radius 1 is 1.67 bits per heavy atom. The summed E-state index contributed by atoms with van der Waals surface area (Å²) in [5.74, 6) is 0.370. The molecular weight excluding hydrogens is 80.0 g/mol. The molecule has 2 N–H and O–H groups in total. The Hall–Kier alpha value is -1.06. The van der Waals surface area contributed by atoms with Gasteiger partial charge in [0, 0.05) is 0 Å². The third kappa shape index (κ3) is 0.314. The molecule has 0 aromatic heterocycles. The van der Waals surface area contributed by atoms with Gasteiger partial charge in [-0.2, -0.15) is 0 Å². The van der Waals surface area contributed by atoms with Crippen molar-refractivity contribution in [3.8, 4) is 0 Å². The number of hydrogen-bond donors (Lipinski definition) is 1. The van der Waals surface area contributed by atoms with E-state index in [1.807, 2.05) is 0 Å². The molecule has 1 heterocycles. The zero-order valence-electron chi connectivity index (χ0n) is 3.00. The first kappa shape index (κ1) is 3.14. The van der Waals surface area contributed by atoms with Gasteiger partial charge in [0.2, 0.25) is 0 Å². The van der Waals surface area contributed by atoms with Crippen LogP contribution in [0.5, 0.6) is 0 Å². The minimum absolute atomic E-state index is 0.370. The first-order valence-corrected chi connectivity index (χ1v) is 1.46. The highest BCUT2D eigenvalue weighted by atomic mass is 15.4. The van der Waals surface area contributed by atoms with Crippen molar-refractivity contribution in [2.24, 2.45) is 15.4 Å². The molecule has 0 saturated carbocycles. The molecule has 0 aromatic carbocycles.